The molecular weight excluding hydrogens is 560 g/mol. The first-order chi connectivity index (χ1) is 21.3. The van der Waals surface area contributed by atoms with Crippen LogP contribution in [-0.4, -0.2) is 31.1 Å². The Morgan fingerprint density at radius 2 is 1.27 bits per heavy atom. The van der Waals surface area contributed by atoms with Crippen molar-refractivity contribution >= 4 is 35.4 Å². The van der Waals surface area contributed by atoms with Crippen LogP contribution in [0.2, 0.25) is 0 Å². The SMILES string of the molecule is CCCCCC(=O)Oc1ccc(OC(=O)/C=C/c2ccc(OCCCCCCCOC(=O)c3cc(N)cc(N)c3)cc2)cc1. The van der Waals surface area contributed by atoms with Gasteiger partial charge >= 0.3 is 17.9 Å². The predicted octanol–water partition coefficient (Wildman–Crippen LogP) is 7.14. The van der Waals surface area contributed by atoms with Crippen molar-refractivity contribution in [2.45, 2.75) is 64.7 Å². The topological polar surface area (TPSA) is 140 Å². The van der Waals surface area contributed by atoms with Gasteiger partial charge in [-0.1, -0.05) is 51.2 Å². The van der Waals surface area contributed by atoms with Crippen molar-refractivity contribution in [1.29, 1.82) is 0 Å². The zero-order valence-electron chi connectivity index (χ0n) is 25.3. The molecule has 0 aliphatic carbocycles. The Hall–Kier alpha value is -4.79. The molecule has 3 aromatic carbocycles. The molecule has 9 heteroatoms. The summed E-state index contributed by atoms with van der Waals surface area (Å²) in [5.41, 5.74) is 13.5. The lowest BCUT2D eigenvalue weighted by Gasteiger charge is -2.08. The molecule has 0 atom stereocenters. The lowest BCUT2D eigenvalue weighted by Crippen LogP contribution is -2.08. The number of carbonyl (C=O) groups excluding carboxylic acids is 3. The molecule has 0 aromatic heterocycles. The molecule has 0 unspecified atom stereocenters. The maximum Gasteiger partial charge on any atom is 0.338 e. The summed E-state index contributed by atoms with van der Waals surface area (Å²) in [7, 11) is 0. The Kier molecular flexibility index (Phi) is 14.3. The summed E-state index contributed by atoms with van der Waals surface area (Å²) in [6, 6.07) is 18.5. The first-order valence-corrected chi connectivity index (χ1v) is 15.1. The number of unbranched alkanes of at least 4 members (excludes halogenated alkanes) is 6. The smallest absolute Gasteiger partial charge is 0.338 e. The summed E-state index contributed by atoms with van der Waals surface area (Å²) >= 11 is 0. The summed E-state index contributed by atoms with van der Waals surface area (Å²) in [5.74, 6) is 0.331. The first kappa shape index (κ1) is 33.7. The van der Waals surface area contributed by atoms with E-state index in [2.05, 4.69) is 6.92 Å². The van der Waals surface area contributed by atoms with E-state index in [-0.39, 0.29) is 5.97 Å². The van der Waals surface area contributed by atoms with Crippen LogP contribution in [0.5, 0.6) is 17.2 Å². The number of esters is 3. The van der Waals surface area contributed by atoms with Gasteiger partial charge in [-0.2, -0.15) is 0 Å². The molecule has 0 aliphatic rings. The monoisotopic (exact) mass is 602 g/mol. The van der Waals surface area contributed by atoms with Gasteiger partial charge in [0.2, 0.25) is 0 Å². The van der Waals surface area contributed by atoms with Crippen LogP contribution in [0.3, 0.4) is 0 Å². The van der Waals surface area contributed by atoms with E-state index in [9.17, 15) is 14.4 Å². The lowest BCUT2D eigenvalue weighted by atomic mass is 10.1. The Labute approximate surface area is 259 Å². The minimum atomic E-state index is -0.514. The van der Waals surface area contributed by atoms with E-state index >= 15 is 0 Å². The number of nitrogens with two attached hydrogens (primary N) is 2. The molecule has 0 heterocycles. The van der Waals surface area contributed by atoms with Gasteiger partial charge in [-0.05, 0) is 85.5 Å². The third kappa shape index (κ3) is 13.0. The summed E-state index contributed by atoms with van der Waals surface area (Å²) in [5, 5.41) is 0. The van der Waals surface area contributed by atoms with Gasteiger partial charge in [0, 0.05) is 23.9 Å². The largest absolute Gasteiger partial charge is 0.494 e. The number of carbonyl (C=O) groups is 3. The van der Waals surface area contributed by atoms with Crippen LogP contribution in [0.25, 0.3) is 6.08 Å². The average Bonchev–Trinajstić information content (AvgIpc) is 3.00. The van der Waals surface area contributed by atoms with Crippen LogP contribution in [0.4, 0.5) is 11.4 Å². The average molecular weight is 603 g/mol. The molecule has 0 aliphatic heterocycles. The van der Waals surface area contributed by atoms with E-state index in [0.717, 1.165) is 62.7 Å². The molecule has 4 N–H and O–H groups in total. The van der Waals surface area contributed by atoms with Gasteiger partial charge in [0.25, 0.3) is 0 Å². The number of anilines is 2. The van der Waals surface area contributed by atoms with Crippen LogP contribution in [-0.2, 0) is 14.3 Å². The summed E-state index contributed by atoms with van der Waals surface area (Å²) in [4.78, 5) is 36.1. The van der Waals surface area contributed by atoms with Gasteiger partial charge in [0.05, 0.1) is 18.8 Å². The molecule has 0 saturated carbocycles. The van der Waals surface area contributed by atoms with Gasteiger partial charge < -0.3 is 30.4 Å². The maximum absolute atomic E-state index is 12.2. The van der Waals surface area contributed by atoms with Gasteiger partial charge in [0.1, 0.15) is 17.2 Å². The van der Waals surface area contributed by atoms with Crippen molar-refractivity contribution in [2.24, 2.45) is 0 Å². The summed E-state index contributed by atoms with van der Waals surface area (Å²) in [6.07, 6.45) is 10.9. The molecule has 9 nitrogen and oxygen atoms in total. The molecule has 0 bridgehead atoms. The molecule has 0 radical (unpaired) electrons. The van der Waals surface area contributed by atoms with E-state index < -0.39 is 11.9 Å². The van der Waals surface area contributed by atoms with Gasteiger partial charge in [0.15, 0.2) is 0 Å². The molecular formula is C35H42N2O7. The molecule has 0 spiro atoms. The zero-order chi connectivity index (χ0) is 31.6. The second kappa shape index (κ2) is 18.7. The molecule has 3 aromatic rings. The minimum absolute atomic E-state index is 0.269. The van der Waals surface area contributed by atoms with Crippen molar-refractivity contribution in [3.8, 4) is 17.2 Å². The molecule has 0 saturated heterocycles. The van der Waals surface area contributed by atoms with Crippen LogP contribution in [0, 0.1) is 0 Å². The fraction of sp³-hybridized carbons (Fsp3) is 0.343. The van der Waals surface area contributed by atoms with Crippen molar-refractivity contribution < 1.29 is 33.3 Å². The molecule has 0 fully saturated rings. The normalized spacial score (nSPS) is 10.8. The first-order valence-electron chi connectivity index (χ1n) is 15.1. The van der Waals surface area contributed by atoms with Crippen LogP contribution < -0.4 is 25.7 Å². The Morgan fingerprint density at radius 3 is 1.93 bits per heavy atom. The number of hydrogen-bond donors (Lipinski definition) is 2. The van der Waals surface area contributed by atoms with Crippen LogP contribution in [0.1, 0.15) is 80.6 Å². The standard InChI is InChI=1S/C35H42N2O7/c1-2-3-7-10-33(38)43-31-16-18-32(19-17-31)44-34(39)20-13-26-11-14-30(15-12-26)41-21-8-5-4-6-9-22-42-35(40)27-23-28(36)25-29(37)24-27/h11-20,23-25H,2-10,21-22,36-37H2,1H3/b20-13+. The van der Waals surface area contributed by atoms with E-state index in [4.69, 9.17) is 30.4 Å². The second-order valence-electron chi connectivity index (χ2n) is 10.4. The number of rotatable bonds is 18. The minimum Gasteiger partial charge on any atom is -0.494 e. The Morgan fingerprint density at radius 1 is 0.682 bits per heavy atom. The van der Waals surface area contributed by atoms with E-state index in [1.54, 1.807) is 48.5 Å². The zero-order valence-corrected chi connectivity index (χ0v) is 25.3. The van der Waals surface area contributed by atoms with Gasteiger partial charge in [-0.3, -0.25) is 4.79 Å². The predicted molar refractivity (Wildman–Crippen MR) is 171 cm³/mol. The highest BCUT2D eigenvalue weighted by atomic mass is 16.5. The fourth-order valence-corrected chi connectivity index (χ4v) is 4.23. The highest BCUT2D eigenvalue weighted by Crippen LogP contribution is 2.20. The van der Waals surface area contributed by atoms with Gasteiger partial charge in [-0.15, -0.1) is 0 Å². The number of ether oxygens (including phenoxy) is 4. The summed E-state index contributed by atoms with van der Waals surface area (Å²) in [6.45, 7) is 3.03. The van der Waals surface area contributed by atoms with Crippen molar-refractivity contribution in [1.82, 2.24) is 0 Å². The second-order valence-corrected chi connectivity index (χ2v) is 10.4. The van der Waals surface area contributed by atoms with Gasteiger partial charge in [-0.25, -0.2) is 9.59 Å². The molecule has 44 heavy (non-hydrogen) atoms. The Balaban J connectivity index is 1.25. The highest BCUT2D eigenvalue weighted by Gasteiger charge is 2.09. The molecule has 0 amide bonds. The highest BCUT2D eigenvalue weighted by molar-refractivity contribution is 5.91. The van der Waals surface area contributed by atoms with Crippen LogP contribution >= 0.6 is 0 Å². The fourth-order valence-electron chi connectivity index (χ4n) is 4.23. The maximum atomic E-state index is 12.2. The van der Waals surface area contributed by atoms with E-state index in [1.165, 1.54) is 6.08 Å². The summed E-state index contributed by atoms with van der Waals surface area (Å²) < 4.78 is 21.7. The number of hydrogen-bond acceptors (Lipinski definition) is 9. The lowest BCUT2D eigenvalue weighted by molar-refractivity contribution is -0.134. The van der Waals surface area contributed by atoms with E-state index in [1.807, 2.05) is 24.3 Å². The quantitative estimate of drug-likeness (QED) is 0.0511. The van der Waals surface area contributed by atoms with Crippen molar-refractivity contribution in [3.63, 3.8) is 0 Å². The van der Waals surface area contributed by atoms with Crippen molar-refractivity contribution in [3.05, 3.63) is 83.9 Å². The number of nitrogen functional groups attached to an aromatic ring is 2. The third-order valence-corrected chi connectivity index (χ3v) is 6.55. The third-order valence-electron chi connectivity index (χ3n) is 6.55. The molecule has 3 rings (SSSR count). The Bertz CT molecular complexity index is 1350. The van der Waals surface area contributed by atoms with Crippen molar-refractivity contribution in [2.75, 3.05) is 24.7 Å². The molecule has 234 valence electrons. The van der Waals surface area contributed by atoms with Crippen LogP contribution in [0.15, 0.2) is 72.8 Å². The van der Waals surface area contributed by atoms with E-state index in [0.29, 0.717) is 48.1 Å². The number of benzene rings is 3.